The van der Waals surface area contributed by atoms with E-state index in [1.54, 1.807) is 6.07 Å². The first-order valence-corrected chi connectivity index (χ1v) is 10.4. The minimum atomic E-state index is -0.363. The van der Waals surface area contributed by atoms with Crippen molar-refractivity contribution in [2.24, 2.45) is 5.10 Å². The Bertz CT molecular complexity index is 1230. The van der Waals surface area contributed by atoms with Gasteiger partial charge in [0.25, 0.3) is 5.91 Å². The molecule has 160 valence electrons. The van der Waals surface area contributed by atoms with Crippen LogP contribution in [-0.2, 0) is 0 Å². The summed E-state index contributed by atoms with van der Waals surface area (Å²) >= 11 is 0. The molecule has 0 fully saturated rings. The van der Waals surface area contributed by atoms with Crippen LogP contribution in [0.2, 0.25) is 0 Å². The molecule has 6 nitrogen and oxygen atoms in total. The zero-order valence-electron chi connectivity index (χ0n) is 18.0. The highest BCUT2D eigenvalue weighted by atomic mass is 16.5. The van der Waals surface area contributed by atoms with Gasteiger partial charge < -0.3 is 4.74 Å². The summed E-state index contributed by atoms with van der Waals surface area (Å²) in [6.07, 6.45) is 0. The third-order valence-electron chi connectivity index (χ3n) is 5.02. The number of hydrazone groups is 1. The van der Waals surface area contributed by atoms with Gasteiger partial charge in [-0.05, 0) is 48.7 Å². The normalized spacial score (nSPS) is 11.2. The Hall–Kier alpha value is -4.19. The van der Waals surface area contributed by atoms with E-state index in [2.05, 4.69) is 32.9 Å². The number of rotatable bonds is 7. The van der Waals surface area contributed by atoms with E-state index in [4.69, 9.17) is 4.74 Å². The van der Waals surface area contributed by atoms with Crippen molar-refractivity contribution in [3.8, 4) is 28.1 Å². The number of benzene rings is 3. The molecule has 3 aromatic carbocycles. The van der Waals surface area contributed by atoms with Crippen molar-refractivity contribution < 1.29 is 9.53 Å². The van der Waals surface area contributed by atoms with Gasteiger partial charge in [0.05, 0.1) is 18.0 Å². The highest BCUT2D eigenvalue weighted by Gasteiger charge is 2.13. The molecule has 4 rings (SSSR count). The zero-order chi connectivity index (χ0) is 22.3. The van der Waals surface area contributed by atoms with E-state index in [-0.39, 0.29) is 5.91 Å². The Balaban J connectivity index is 1.44. The van der Waals surface area contributed by atoms with E-state index in [0.29, 0.717) is 23.7 Å². The minimum absolute atomic E-state index is 0.322. The van der Waals surface area contributed by atoms with Crippen LogP contribution in [0.5, 0.6) is 5.75 Å². The SMILES string of the molecule is CCOc1ccccc1-c1cc(C(=O)NN=C(C)c2ccc(-c3ccccc3)cc2)[nH]n1. The van der Waals surface area contributed by atoms with E-state index in [0.717, 1.165) is 28.0 Å². The van der Waals surface area contributed by atoms with Gasteiger partial charge in [-0.25, -0.2) is 5.43 Å². The number of nitrogens with zero attached hydrogens (tertiary/aromatic N) is 2. The molecule has 32 heavy (non-hydrogen) atoms. The Morgan fingerprint density at radius 2 is 1.66 bits per heavy atom. The summed E-state index contributed by atoms with van der Waals surface area (Å²) in [6.45, 7) is 4.33. The van der Waals surface area contributed by atoms with Gasteiger partial charge in [0.15, 0.2) is 0 Å². The van der Waals surface area contributed by atoms with Crippen molar-refractivity contribution in [2.45, 2.75) is 13.8 Å². The summed E-state index contributed by atoms with van der Waals surface area (Å²) in [5.74, 6) is 0.360. The van der Waals surface area contributed by atoms with Crippen LogP contribution in [-0.4, -0.2) is 28.4 Å². The maximum atomic E-state index is 12.6. The van der Waals surface area contributed by atoms with Gasteiger partial charge in [-0.3, -0.25) is 9.89 Å². The second-order valence-corrected chi connectivity index (χ2v) is 7.18. The highest BCUT2D eigenvalue weighted by Crippen LogP contribution is 2.28. The molecule has 0 bridgehead atoms. The minimum Gasteiger partial charge on any atom is -0.493 e. The molecule has 0 aliphatic carbocycles. The highest BCUT2D eigenvalue weighted by molar-refractivity contribution is 6.01. The third kappa shape index (κ3) is 4.75. The summed E-state index contributed by atoms with van der Waals surface area (Å²) in [4.78, 5) is 12.6. The Morgan fingerprint density at radius 3 is 2.41 bits per heavy atom. The van der Waals surface area contributed by atoms with Crippen molar-refractivity contribution in [3.05, 3.63) is 96.2 Å². The first kappa shape index (κ1) is 21.1. The van der Waals surface area contributed by atoms with E-state index in [9.17, 15) is 4.79 Å². The van der Waals surface area contributed by atoms with Crippen LogP contribution >= 0.6 is 0 Å². The number of nitrogens with one attached hydrogen (secondary N) is 2. The fourth-order valence-electron chi connectivity index (χ4n) is 3.33. The van der Waals surface area contributed by atoms with Gasteiger partial charge in [0, 0.05) is 5.56 Å². The number of H-pyrrole nitrogens is 1. The Labute approximate surface area is 187 Å². The van der Waals surface area contributed by atoms with Gasteiger partial charge in [-0.2, -0.15) is 10.2 Å². The average molecular weight is 425 g/mol. The maximum Gasteiger partial charge on any atom is 0.289 e. The molecule has 0 unspecified atom stereocenters. The van der Waals surface area contributed by atoms with Crippen LogP contribution < -0.4 is 10.2 Å². The monoisotopic (exact) mass is 424 g/mol. The van der Waals surface area contributed by atoms with Crippen LogP contribution in [0.4, 0.5) is 0 Å². The number of amides is 1. The van der Waals surface area contributed by atoms with Crippen LogP contribution in [0.1, 0.15) is 29.9 Å². The van der Waals surface area contributed by atoms with Gasteiger partial charge in [0.1, 0.15) is 11.4 Å². The smallest absolute Gasteiger partial charge is 0.289 e. The molecule has 0 spiro atoms. The predicted octanol–water partition coefficient (Wildman–Crippen LogP) is 5.30. The molecule has 0 aliphatic rings. The molecule has 4 aromatic rings. The molecular weight excluding hydrogens is 400 g/mol. The average Bonchev–Trinajstić information content (AvgIpc) is 3.34. The standard InChI is InChI=1S/C26H24N4O2/c1-3-32-25-12-8-7-11-22(25)23-17-24(29-28-23)26(31)30-27-18(2)19-13-15-21(16-14-19)20-9-5-4-6-10-20/h4-17H,3H2,1-2H3,(H,28,29)(H,30,31). The lowest BCUT2D eigenvalue weighted by Gasteiger charge is -2.07. The Morgan fingerprint density at radius 1 is 0.969 bits per heavy atom. The first-order valence-electron chi connectivity index (χ1n) is 10.4. The molecule has 0 atom stereocenters. The van der Waals surface area contributed by atoms with Crippen LogP contribution in [0, 0.1) is 0 Å². The van der Waals surface area contributed by atoms with E-state index < -0.39 is 0 Å². The lowest BCUT2D eigenvalue weighted by molar-refractivity contribution is 0.0950. The van der Waals surface area contributed by atoms with Crippen molar-refractivity contribution >= 4 is 11.6 Å². The second kappa shape index (κ2) is 9.75. The number of carbonyl (C=O) groups excluding carboxylic acids is 1. The number of aromatic nitrogens is 2. The molecule has 1 aromatic heterocycles. The van der Waals surface area contributed by atoms with Crippen molar-refractivity contribution in [1.29, 1.82) is 0 Å². The van der Waals surface area contributed by atoms with Gasteiger partial charge in [0.2, 0.25) is 0 Å². The largest absolute Gasteiger partial charge is 0.493 e. The summed E-state index contributed by atoms with van der Waals surface area (Å²) in [6, 6.07) is 27.5. The summed E-state index contributed by atoms with van der Waals surface area (Å²) in [5.41, 5.74) is 8.30. The number of hydrogen-bond acceptors (Lipinski definition) is 4. The van der Waals surface area contributed by atoms with Crippen molar-refractivity contribution in [1.82, 2.24) is 15.6 Å². The lowest BCUT2D eigenvalue weighted by Crippen LogP contribution is -2.19. The molecule has 0 aliphatic heterocycles. The Kier molecular flexibility index (Phi) is 6.41. The molecule has 0 saturated heterocycles. The predicted molar refractivity (Wildman–Crippen MR) is 127 cm³/mol. The summed E-state index contributed by atoms with van der Waals surface area (Å²) in [7, 11) is 0. The number of para-hydroxylation sites is 1. The number of hydrogen-bond donors (Lipinski definition) is 2. The third-order valence-corrected chi connectivity index (χ3v) is 5.02. The summed E-state index contributed by atoms with van der Waals surface area (Å²) < 4.78 is 5.65. The fourth-order valence-corrected chi connectivity index (χ4v) is 3.33. The molecule has 2 N–H and O–H groups in total. The summed E-state index contributed by atoms with van der Waals surface area (Å²) in [5, 5.41) is 11.3. The first-order chi connectivity index (χ1) is 15.7. The molecular formula is C26H24N4O2. The molecule has 1 amide bonds. The molecule has 6 heteroatoms. The van der Waals surface area contributed by atoms with Crippen LogP contribution in [0.15, 0.2) is 90.0 Å². The van der Waals surface area contributed by atoms with Crippen molar-refractivity contribution in [3.63, 3.8) is 0 Å². The van der Waals surface area contributed by atoms with E-state index in [1.807, 2.05) is 80.6 Å². The van der Waals surface area contributed by atoms with Gasteiger partial charge in [-0.15, -0.1) is 0 Å². The number of ether oxygens (including phenoxy) is 1. The molecule has 1 heterocycles. The fraction of sp³-hybridized carbons (Fsp3) is 0.115. The molecule has 0 saturated carbocycles. The van der Waals surface area contributed by atoms with Crippen molar-refractivity contribution in [2.75, 3.05) is 6.61 Å². The second-order valence-electron chi connectivity index (χ2n) is 7.18. The molecule has 0 radical (unpaired) electrons. The lowest BCUT2D eigenvalue weighted by atomic mass is 10.0. The number of aromatic amines is 1. The van der Waals surface area contributed by atoms with Crippen LogP contribution in [0.3, 0.4) is 0 Å². The van der Waals surface area contributed by atoms with E-state index >= 15 is 0 Å². The topological polar surface area (TPSA) is 79.4 Å². The van der Waals surface area contributed by atoms with Crippen LogP contribution in [0.25, 0.3) is 22.4 Å². The quantitative estimate of drug-likeness (QED) is 0.312. The van der Waals surface area contributed by atoms with E-state index in [1.165, 1.54) is 0 Å². The van der Waals surface area contributed by atoms with Gasteiger partial charge in [-0.1, -0.05) is 66.7 Å². The number of carbonyl (C=O) groups is 1. The maximum absolute atomic E-state index is 12.6. The van der Waals surface area contributed by atoms with Gasteiger partial charge >= 0.3 is 0 Å². The zero-order valence-corrected chi connectivity index (χ0v) is 18.0.